The van der Waals surface area contributed by atoms with E-state index in [9.17, 15) is 4.79 Å². The number of amides is 1. The summed E-state index contributed by atoms with van der Waals surface area (Å²) in [5, 5.41) is 6.60. The summed E-state index contributed by atoms with van der Waals surface area (Å²) in [6.07, 6.45) is 11.7. The molecule has 3 fully saturated rings. The van der Waals surface area contributed by atoms with E-state index in [1.807, 2.05) is 0 Å². The average molecular weight is 301 g/mol. The van der Waals surface area contributed by atoms with Gasteiger partial charge in [-0.05, 0) is 50.1 Å². The smallest absolute Gasteiger partial charge is 0.223 e. The number of nitrogens with one attached hydrogen (secondary N) is 2. The van der Waals surface area contributed by atoms with Crippen molar-refractivity contribution >= 4 is 18.3 Å². The number of carbonyl (C=O) groups excluding carboxylic acids is 1. The molecule has 0 aromatic carbocycles. The molecule has 2 saturated carbocycles. The first kappa shape index (κ1) is 16.1. The Kier molecular flexibility index (Phi) is 5.74. The Bertz CT molecular complexity index is 322. The molecule has 1 unspecified atom stereocenters. The molecule has 4 heteroatoms. The van der Waals surface area contributed by atoms with Crippen LogP contribution in [0.1, 0.15) is 57.8 Å². The molecule has 3 aliphatic rings. The molecule has 1 saturated heterocycles. The van der Waals surface area contributed by atoms with Crippen molar-refractivity contribution < 1.29 is 4.79 Å². The quantitative estimate of drug-likeness (QED) is 0.838. The van der Waals surface area contributed by atoms with E-state index >= 15 is 0 Å². The lowest BCUT2D eigenvalue weighted by atomic mass is 9.87. The van der Waals surface area contributed by atoms with Crippen molar-refractivity contribution in [2.75, 3.05) is 19.6 Å². The maximum Gasteiger partial charge on any atom is 0.223 e. The SMILES string of the molecule is Cl.O=C(NCCC1CCCCC1)C1CC12CCNCC2. The van der Waals surface area contributed by atoms with Crippen LogP contribution in [0, 0.1) is 17.3 Å². The summed E-state index contributed by atoms with van der Waals surface area (Å²) in [7, 11) is 0. The molecular weight excluding hydrogens is 272 g/mol. The first-order chi connectivity index (χ1) is 9.30. The Morgan fingerprint density at radius 3 is 2.55 bits per heavy atom. The Balaban J connectivity index is 0.00000147. The monoisotopic (exact) mass is 300 g/mol. The minimum absolute atomic E-state index is 0. The number of piperidine rings is 1. The molecule has 0 aromatic heterocycles. The molecule has 2 aliphatic carbocycles. The van der Waals surface area contributed by atoms with Crippen molar-refractivity contribution in [1.29, 1.82) is 0 Å². The fourth-order valence-electron chi connectivity index (χ4n) is 4.19. The van der Waals surface area contributed by atoms with Gasteiger partial charge >= 0.3 is 0 Å². The number of halogens is 1. The Labute approximate surface area is 129 Å². The van der Waals surface area contributed by atoms with E-state index in [0.29, 0.717) is 17.2 Å². The minimum Gasteiger partial charge on any atom is -0.356 e. The molecule has 116 valence electrons. The van der Waals surface area contributed by atoms with Crippen molar-refractivity contribution in [1.82, 2.24) is 10.6 Å². The lowest BCUT2D eigenvalue weighted by molar-refractivity contribution is -0.123. The molecule has 0 radical (unpaired) electrons. The number of rotatable bonds is 4. The molecule has 3 rings (SSSR count). The van der Waals surface area contributed by atoms with Crippen molar-refractivity contribution in [2.24, 2.45) is 17.3 Å². The van der Waals surface area contributed by atoms with Crippen LogP contribution in [0.5, 0.6) is 0 Å². The van der Waals surface area contributed by atoms with Crippen LogP contribution >= 0.6 is 12.4 Å². The fraction of sp³-hybridized carbons (Fsp3) is 0.938. The highest BCUT2D eigenvalue weighted by Gasteiger charge is 2.57. The van der Waals surface area contributed by atoms with Gasteiger partial charge in [-0.1, -0.05) is 32.1 Å². The third-order valence-corrected chi connectivity index (χ3v) is 5.68. The first-order valence-electron chi connectivity index (χ1n) is 8.29. The van der Waals surface area contributed by atoms with Gasteiger partial charge in [0.25, 0.3) is 0 Å². The highest BCUT2D eigenvalue weighted by atomic mass is 35.5. The number of hydrogen-bond donors (Lipinski definition) is 2. The average Bonchev–Trinajstić information content (AvgIpc) is 3.14. The molecule has 2 N–H and O–H groups in total. The topological polar surface area (TPSA) is 41.1 Å². The van der Waals surface area contributed by atoms with Gasteiger partial charge in [0.15, 0.2) is 0 Å². The third kappa shape index (κ3) is 3.67. The van der Waals surface area contributed by atoms with E-state index in [4.69, 9.17) is 0 Å². The zero-order valence-corrected chi connectivity index (χ0v) is 13.3. The second-order valence-corrected chi connectivity index (χ2v) is 6.95. The Morgan fingerprint density at radius 1 is 1.15 bits per heavy atom. The van der Waals surface area contributed by atoms with E-state index in [-0.39, 0.29) is 12.4 Å². The van der Waals surface area contributed by atoms with Crippen LogP contribution in [0.3, 0.4) is 0 Å². The van der Waals surface area contributed by atoms with Gasteiger partial charge in [0.1, 0.15) is 0 Å². The maximum absolute atomic E-state index is 12.2. The van der Waals surface area contributed by atoms with Gasteiger partial charge in [-0.15, -0.1) is 12.4 Å². The Hall–Kier alpha value is -0.280. The predicted molar refractivity (Wildman–Crippen MR) is 84.1 cm³/mol. The largest absolute Gasteiger partial charge is 0.356 e. The highest BCUT2D eigenvalue weighted by molar-refractivity contribution is 5.85. The predicted octanol–water partition coefficient (Wildman–Crippen LogP) is 2.88. The van der Waals surface area contributed by atoms with Gasteiger partial charge < -0.3 is 10.6 Å². The van der Waals surface area contributed by atoms with Crippen LogP contribution in [0.4, 0.5) is 0 Å². The van der Waals surface area contributed by atoms with Crippen molar-refractivity contribution in [3.8, 4) is 0 Å². The van der Waals surface area contributed by atoms with Crippen LogP contribution in [-0.2, 0) is 4.79 Å². The van der Waals surface area contributed by atoms with E-state index in [2.05, 4.69) is 10.6 Å². The zero-order chi connectivity index (χ0) is 13.1. The summed E-state index contributed by atoms with van der Waals surface area (Å²) < 4.78 is 0. The summed E-state index contributed by atoms with van der Waals surface area (Å²) in [4.78, 5) is 12.2. The lowest BCUT2D eigenvalue weighted by Gasteiger charge is -2.24. The second-order valence-electron chi connectivity index (χ2n) is 6.95. The zero-order valence-electron chi connectivity index (χ0n) is 12.5. The van der Waals surface area contributed by atoms with Crippen LogP contribution in [-0.4, -0.2) is 25.5 Å². The molecule has 1 heterocycles. The van der Waals surface area contributed by atoms with Gasteiger partial charge in [0.05, 0.1) is 0 Å². The number of hydrogen-bond acceptors (Lipinski definition) is 2. The van der Waals surface area contributed by atoms with E-state index in [1.54, 1.807) is 0 Å². The van der Waals surface area contributed by atoms with Crippen LogP contribution in [0.2, 0.25) is 0 Å². The standard InChI is InChI=1S/C16H28N2O.ClH/c19-15(14-12-16(14)7-10-17-11-8-16)18-9-6-13-4-2-1-3-5-13;/h13-14,17H,1-12H2,(H,18,19);1H. The van der Waals surface area contributed by atoms with E-state index in [0.717, 1.165) is 32.0 Å². The van der Waals surface area contributed by atoms with Crippen molar-refractivity contribution in [2.45, 2.75) is 57.8 Å². The second kappa shape index (κ2) is 7.13. The summed E-state index contributed by atoms with van der Waals surface area (Å²) in [5.74, 6) is 1.56. The molecular formula is C16H29ClN2O. The summed E-state index contributed by atoms with van der Waals surface area (Å²) in [6.45, 7) is 3.12. The first-order valence-corrected chi connectivity index (χ1v) is 8.29. The van der Waals surface area contributed by atoms with Crippen molar-refractivity contribution in [3.05, 3.63) is 0 Å². The van der Waals surface area contributed by atoms with Gasteiger partial charge in [0.2, 0.25) is 5.91 Å². The number of carbonyl (C=O) groups is 1. The third-order valence-electron chi connectivity index (χ3n) is 5.68. The molecule has 1 spiro atoms. The van der Waals surface area contributed by atoms with Crippen LogP contribution < -0.4 is 10.6 Å². The molecule has 1 aliphatic heterocycles. The molecule has 0 aromatic rings. The van der Waals surface area contributed by atoms with Crippen LogP contribution in [0.15, 0.2) is 0 Å². The van der Waals surface area contributed by atoms with E-state index < -0.39 is 0 Å². The van der Waals surface area contributed by atoms with Crippen molar-refractivity contribution in [3.63, 3.8) is 0 Å². The Morgan fingerprint density at radius 2 is 1.85 bits per heavy atom. The molecule has 3 nitrogen and oxygen atoms in total. The highest BCUT2D eigenvalue weighted by Crippen LogP contribution is 2.58. The molecule has 20 heavy (non-hydrogen) atoms. The van der Waals surface area contributed by atoms with E-state index in [1.165, 1.54) is 51.4 Å². The molecule has 1 amide bonds. The maximum atomic E-state index is 12.2. The fourth-order valence-corrected chi connectivity index (χ4v) is 4.19. The minimum atomic E-state index is 0. The summed E-state index contributed by atoms with van der Waals surface area (Å²) >= 11 is 0. The summed E-state index contributed by atoms with van der Waals surface area (Å²) in [6, 6.07) is 0. The van der Waals surface area contributed by atoms with Crippen LogP contribution in [0.25, 0.3) is 0 Å². The normalized spacial score (nSPS) is 28.7. The molecule has 0 bridgehead atoms. The summed E-state index contributed by atoms with van der Waals surface area (Å²) in [5.41, 5.74) is 0.389. The molecule has 1 atom stereocenters. The lowest BCUT2D eigenvalue weighted by Crippen LogP contribution is -2.34. The van der Waals surface area contributed by atoms with Gasteiger partial charge in [-0.25, -0.2) is 0 Å². The van der Waals surface area contributed by atoms with Gasteiger partial charge in [-0.2, -0.15) is 0 Å². The van der Waals surface area contributed by atoms with Gasteiger partial charge in [-0.3, -0.25) is 4.79 Å². The van der Waals surface area contributed by atoms with Gasteiger partial charge in [0, 0.05) is 12.5 Å².